The van der Waals surface area contributed by atoms with E-state index in [1.165, 1.54) is 11.1 Å². The molecule has 0 amide bonds. The fourth-order valence-corrected chi connectivity index (χ4v) is 2.29. The molecule has 0 aliphatic heterocycles. The highest BCUT2D eigenvalue weighted by Gasteiger charge is 2.16. The van der Waals surface area contributed by atoms with Gasteiger partial charge < -0.3 is 5.11 Å². The number of hydrogen-bond acceptors (Lipinski definition) is 4. The molecular weight excluding hydrogens is 272 g/mol. The number of aromatic carboxylic acids is 1. The van der Waals surface area contributed by atoms with Crippen molar-refractivity contribution >= 4 is 17.7 Å². The molecule has 0 fully saturated rings. The van der Waals surface area contributed by atoms with Crippen molar-refractivity contribution in [1.82, 2.24) is 9.97 Å². The van der Waals surface area contributed by atoms with Crippen molar-refractivity contribution in [2.24, 2.45) is 0 Å². The molecule has 104 valence electrons. The summed E-state index contributed by atoms with van der Waals surface area (Å²) in [5, 5.41) is 9.16. The van der Waals surface area contributed by atoms with Crippen LogP contribution in [0.1, 0.15) is 35.8 Å². The maximum Gasteiger partial charge on any atom is 0.339 e. The molecule has 20 heavy (non-hydrogen) atoms. The van der Waals surface area contributed by atoms with E-state index in [1.54, 1.807) is 11.8 Å². The zero-order valence-electron chi connectivity index (χ0n) is 11.6. The summed E-state index contributed by atoms with van der Waals surface area (Å²) in [7, 11) is 0. The maximum atomic E-state index is 11.2. The van der Waals surface area contributed by atoms with Gasteiger partial charge in [0.15, 0.2) is 5.82 Å². The largest absolute Gasteiger partial charge is 0.478 e. The number of carboxylic acids is 1. The summed E-state index contributed by atoms with van der Waals surface area (Å²) in [5.41, 5.74) is 1.63. The summed E-state index contributed by atoms with van der Waals surface area (Å²) in [6, 6.07) is 7.91. The van der Waals surface area contributed by atoms with Crippen LogP contribution in [-0.2, 0) is 0 Å². The molecule has 2 aromatic rings. The smallest absolute Gasteiger partial charge is 0.339 e. The van der Waals surface area contributed by atoms with Gasteiger partial charge in [0.2, 0.25) is 0 Å². The Labute approximate surface area is 122 Å². The number of hydrogen-bond donors (Lipinski definition) is 1. The van der Waals surface area contributed by atoms with Crippen LogP contribution in [0.3, 0.4) is 0 Å². The van der Waals surface area contributed by atoms with Crippen LogP contribution in [0.5, 0.6) is 0 Å². The second kappa shape index (κ2) is 6.05. The molecule has 0 spiro atoms. The number of nitrogens with zero attached hydrogens (tertiary/aromatic N) is 2. The molecule has 4 nitrogen and oxygen atoms in total. The molecule has 0 radical (unpaired) electrons. The third kappa shape index (κ3) is 2.99. The predicted octanol–water partition coefficient (Wildman–Crippen LogP) is 3.69. The van der Waals surface area contributed by atoms with Crippen molar-refractivity contribution < 1.29 is 9.90 Å². The van der Waals surface area contributed by atoms with Gasteiger partial charge in [0.25, 0.3) is 0 Å². The van der Waals surface area contributed by atoms with Gasteiger partial charge in [-0.05, 0) is 24.3 Å². The minimum atomic E-state index is -0.988. The van der Waals surface area contributed by atoms with Gasteiger partial charge in [-0.2, -0.15) is 0 Å². The third-order valence-electron chi connectivity index (χ3n) is 2.94. The average Bonchev–Trinajstić information content (AvgIpc) is 2.46. The summed E-state index contributed by atoms with van der Waals surface area (Å²) in [6.45, 7) is 3.85. The number of benzene rings is 1. The van der Waals surface area contributed by atoms with Crippen molar-refractivity contribution in [1.29, 1.82) is 0 Å². The second-order valence-electron chi connectivity index (χ2n) is 4.68. The highest BCUT2D eigenvalue weighted by atomic mass is 32.2. The normalized spacial score (nSPS) is 10.8. The fourth-order valence-electron chi connectivity index (χ4n) is 1.88. The SMILES string of the molecule is CSc1ccc(-c2ncc(C(=O)O)c(C(C)C)n2)cc1. The summed E-state index contributed by atoms with van der Waals surface area (Å²) in [4.78, 5) is 20.9. The number of carboxylic acid groups (broad SMARTS) is 1. The Morgan fingerprint density at radius 1 is 1.25 bits per heavy atom. The number of rotatable bonds is 4. The summed E-state index contributed by atoms with van der Waals surface area (Å²) >= 11 is 1.67. The lowest BCUT2D eigenvalue weighted by Crippen LogP contribution is -2.08. The van der Waals surface area contributed by atoms with Crippen LogP contribution in [0.25, 0.3) is 11.4 Å². The highest BCUT2D eigenvalue weighted by molar-refractivity contribution is 7.98. The van der Waals surface area contributed by atoms with E-state index in [-0.39, 0.29) is 11.5 Å². The van der Waals surface area contributed by atoms with Gasteiger partial charge in [-0.25, -0.2) is 14.8 Å². The number of aromatic nitrogens is 2. The highest BCUT2D eigenvalue weighted by Crippen LogP contribution is 2.23. The lowest BCUT2D eigenvalue weighted by atomic mass is 10.0. The van der Waals surface area contributed by atoms with E-state index in [0.29, 0.717) is 11.5 Å². The van der Waals surface area contributed by atoms with Crippen LogP contribution < -0.4 is 0 Å². The van der Waals surface area contributed by atoms with Crippen LogP contribution in [0.15, 0.2) is 35.4 Å². The molecule has 1 aromatic heterocycles. The van der Waals surface area contributed by atoms with E-state index in [2.05, 4.69) is 9.97 Å². The fraction of sp³-hybridized carbons (Fsp3) is 0.267. The maximum absolute atomic E-state index is 11.2. The predicted molar refractivity (Wildman–Crippen MR) is 80.3 cm³/mol. The number of carbonyl (C=O) groups is 1. The Morgan fingerprint density at radius 3 is 2.40 bits per heavy atom. The van der Waals surface area contributed by atoms with E-state index in [0.717, 1.165) is 5.56 Å². The Kier molecular flexibility index (Phi) is 4.39. The lowest BCUT2D eigenvalue weighted by Gasteiger charge is -2.10. The van der Waals surface area contributed by atoms with Crippen molar-refractivity contribution in [3.8, 4) is 11.4 Å². The first-order valence-corrected chi connectivity index (χ1v) is 7.50. The van der Waals surface area contributed by atoms with Crippen molar-refractivity contribution in [3.05, 3.63) is 41.7 Å². The van der Waals surface area contributed by atoms with E-state index in [4.69, 9.17) is 5.11 Å². The second-order valence-corrected chi connectivity index (χ2v) is 5.56. The molecule has 5 heteroatoms. The standard InChI is InChI=1S/C15H16N2O2S/c1-9(2)13-12(15(18)19)8-16-14(17-13)10-4-6-11(20-3)7-5-10/h4-9H,1-3H3,(H,18,19). The topological polar surface area (TPSA) is 63.1 Å². The van der Waals surface area contributed by atoms with Crippen LogP contribution in [-0.4, -0.2) is 27.3 Å². The van der Waals surface area contributed by atoms with Crippen molar-refractivity contribution in [2.75, 3.05) is 6.26 Å². The van der Waals surface area contributed by atoms with Gasteiger partial charge in [0.1, 0.15) is 0 Å². The molecule has 0 aliphatic carbocycles. The zero-order valence-corrected chi connectivity index (χ0v) is 12.4. The Bertz CT molecular complexity index is 624. The number of thioether (sulfide) groups is 1. The lowest BCUT2D eigenvalue weighted by molar-refractivity contribution is 0.0694. The van der Waals surface area contributed by atoms with Gasteiger partial charge in [0.05, 0.1) is 11.3 Å². The average molecular weight is 288 g/mol. The van der Waals surface area contributed by atoms with Gasteiger partial charge in [-0.3, -0.25) is 0 Å². The Morgan fingerprint density at radius 2 is 1.90 bits per heavy atom. The van der Waals surface area contributed by atoms with Crippen LogP contribution >= 0.6 is 11.8 Å². The molecule has 0 aliphatic rings. The first-order valence-electron chi connectivity index (χ1n) is 6.27. The molecule has 0 saturated heterocycles. The van der Waals surface area contributed by atoms with Crippen LogP contribution in [0.2, 0.25) is 0 Å². The van der Waals surface area contributed by atoms with E-state index in [1.807, 2.05) is 44.4 Å². The molecule has 1 heterocycles. The summed E-state index contributed by atoms with van der Waals surface area (Å²) < 4.78 is 0. The Balaban J connectivity index is 2.47. The summed E-state index contributed by atoms with van der Waals surface area (Å²) in [5.74, 6) is -0.391. The monoisotopic (exact) mass is 288 g/mol. The van der Waals surface area contributed by atoms with Gasteiger partial charge >= 0.3 is 5.97 Å². The molecular formula is C15H16N2O2S. The first-order chi connectivity index (χ1) is 9.52. The van der Waals surface area contributed by atoms with E-state index in [9.17, 15) is 4.79 Å². The molecule has 0 bridgehead atoms. The van der Waals surface area contributed by atoms with E-state index < -0.39 is 5.97 Å². The minimum Gasteiger partial charge on any atom is -0.478 e. The Hall–Kier alpha value is -1.88. The van der Waals surface area contributed by atoms with E-state index >= 15 is 0 Å². The van der Waals surface area contributed by atoms with Crippen LogP contribution in [0, 0.1) is 0 Å². The quantitative estimate of drug-likeness (QED) is 0.869. The minimum absolute atomic E-state index is 0.0355. The zero-order chi connectivity index (χ0) is 14.7. The van der Waals surface area contributed by atoms with Gasteiger partial charge in [0, 0.05) is 16.7 Å². The molecule has 2 rings (SSSR count). The molecule has 0 unspecified atom stereocenters. The van der Waals surface area contributed by atoms with Crippen molar-refractivity contribution in [2.45, 2.75) is 24.7 Å². The van der Waals surface area contributed by atoms with Gasteiger partial charge in [-0.1, -0.05) is 26.0 Å². The summed E-state index contributed by atoms with van der Waals surface area (Å²) in [6.07, 6.45) is 3.41. The van der Waals surface area contributed by atoms with Crippen LogP contribution in [0.4, 0.5) is 0 Å². The first kappa shape index (κ1) is 14.5. The molecule has 0 saturated carbocycles. The van der Waals surface area contributed by atoms with Crippen molar-refractivity contribution in [3.63, 3.8) is 0 Å². The third-order valence-corrected chi connectivity index (χ3v) is 3.69. The molecule has 1 N–H and O–H groups in total. The molecule has 1 aromatic carbocycles. The van der Waals surface area contributed by atoms with Gasteiger partial charge in [-0.15, -0.1) is 11.8 Å². The molecule has 0 atom stereocenters.